The molecule has 27 heavy (non-hydrogen) atoms. The van der Waals surface area contributed by atoms with E-state index in [0.29, 0.717) is 24.4 Å². The first-order valence-electron chi connectivity index (χ1n) is 8.85. The van der Waals surface area contributed by atoms with Crippen LogP contribution in [-0.4, -0.2) is 43.1 Å². The van der Waals surface area contributed by atoms with E-state index in [-0.39, 0.29) is 11.8 Å². The molecule has 2 heterocycles. The molecular formula is C20H23N3O3S. The van der Waals surface area contributed by atoms with Crippen LogP contribution in [0.2, 0.25) is 0 Å². The molecule has 0 fully saturated rings. The van der Waals surface area contributed by atoms with Crippen molar-refractivity contribution < 1.29 is 14.3 Å². The van der Waals surface area contributed by atoms with Gasteiger partial charge in [0.05, 0.1) is 4.88 Å². The van der Waals surface area contributed by atoms with Gasteiger partial charge in [-0.15, -0.1) is 11.3 Å². The molecule has 0 spiro atoms. The van der Waals surface area contributed by atoms with Gasteiger partial charge in [-0.05, 0) is 29.5 Å². The smallest absolute Gasteiger partial charge is 0.262 e. The fourth-order valence-electron chi connectivity index (χ4n) is 2.92. The van der Waals surface area contributed by atoms with Crippen LogP contribution < -0.4 is 10.6 Å². The van der Waals surface area contributed by atoms with Gasteiger partial charge in [0.15, 0.2) is 0 Å². The van der Waals surface area contributed by atoms with Gasteiger partial charge in [0.2, 0.25) is 5.91 Å². The third-order valence-electron chi connectivity index (χ3n) is 4.29. The lowest BCUT2D eigenvalue weighted by Gasteiger charge is -2.18. The quantitative estimate of drug-likeness (QED) is 0.495. The maximum Gasteiger partial charge on any atom is 0.262 e. The maximum absolute atomic E-state index is 12.7. The molecule has 142 valence electrons. The summed E-state index contributed by atoms with van der Waals surface area (Å²) in [6.45, 7) is 1.08. The topological polar surface area (TPSA) is 83.2 Å². The summed E-state index contributed by atoms with van der Waals surface area (Å²) >= 11 is 1.35. The lowest BCUT2D eigenvalue weighted by molar-refractivity contribution is -0.123. The average Bonchev–Trinajstić information content (AvgIpc) is 3.35. The van der Waals surface area contributed by atoms with Crippen LogP contribution in [-0.2, 0) is 16.0 Å². The van der Waals surface area contributed by atoms with Crippen LogP contribution >= 0.6 is 11.3 Å². The van der Waals surface area contributed by atoms with E-state index in [2.05, 4.69) is 15.6 Å². The number of hydrogen-bond acceptors (Lipinski definition) is 4. The standard InChI is InChI=1S/C20H23N3O3S/c1-26-10-5-9-21-19(24)17(23-20(25)18-8-4-11-27-18)12-14-13-22-16-7-3-2-6-15(14)16/h2-4,6-8,11,13,17,22H,5,9-10,12H2,1H3,(H,21,24)(H,23,25)/t17-/m1/s1. The minimum atomic E-state index is -0.652. The number of carbonyl (C=O) groups excluding carboxylic acids is 2. The van der Waals surface area contributed by atoms with Gasteiger partial charge in [-0.3, -0.25) is 9.59 Å². The van der Waals surface area contributed by atoms with Crippen LogP contribution in [0.3, 0.4) is 0 Å². The van der Waals surface area contributed by atoms with E-state index in [1.807, 2.05) is 41.9 Å². The molecule has 0 aliphatic heterocycles. The fourth-order valence-corrected chi connectivity index (χ4v) is 3.54. The fraction of sp³-hybridized carbons (Fsp3) is 0.300. The van der Waals surface area contributed by atoms with Gasteiger partial charge in [0.25, 0.3) is 5.91 Å². The predicted octanol–water partition coefficient (Wildman–Crippen LogP) is 2.72. The first kappa shape index (κ1) is 19.1. The molecule has 2 amide bonds. The number of nitrogens with one attached hydrogen (secondary N) is 3. The largest absolute Gasteiger partial charge is 0.385 e. The third kappa shape index (κ3) is 4.96. The molecule has 0 unspecified atom stereocenters. The Morgan fingerprint density at radius 2 is 2.07 bits per heavy atom. The number of carbonyl (C=O) groups is 2. The third-order valence-corrected chi connectivity index (χ3v) is 5.16. The number of aromatic amines is 1. The molecule has 1 aromatic carbocycles. The Balaban J connectivity index is 1.74. The van der Waals surface area contributed by atoms with Crippen molar-refractivity contribution in [3.8, 4) is 0 Å². The van der Waals surface area contributed by atoms with Crippen LogP contribution in [0, 0.1) is 0 Å². The zero-order chi connectivity index (χ0) is 19.1. The van der Waals surface area contributed by atoms with Crippen molar-refractivity contribution in [1.82, 2.24) is 15.6 Å². The van der Waals surface area contributed by atoms with Crippen molar-refractivity contribution >= 4 is 34.1 Å². The molecular weight excluding hydrogens is 362 g/mol. The highest BCUT2D eigenvalue weighted by atomic mass is 32.1. The highest BCUT2D eigenvalue weighted by Crippen LogP contribution is 2.19. The SMILES string of the molecule is COCCCNC(=O)[C@@H](Cc1c[nH]c2ccccc12)NC(=O)c1cccs1. The molecule has 0 aliphatic rings. The second-order valence-corrected chi connectivity index (χ2v) is 7.15. The molecule has 3 aromatic rings. The van der Waals surface area contributed by atoms with E-state index in [1.54, 1.807) is 13.2 Å². The monoisotopic (exact) mass is 385 g/mol. The lowest BCUT2D eigenvalue weighted by Crippen LogP contribution is -2.48. The van der Waals surface area contributed by atoms with Crippen LogP contribution in [0.25, 0.3) is 10.9 Å². The molecule has 1 atom stereocenters. The van der Waals surface area contributed by atoms with Gasteiger partial charge in [0.1, 0.15) is 6.04 Å². The lowest BCUT2D eigenvalue weighted by atomic mass is 10.0. The number of amides is 2. The van der Waals surface area contributed by atoms with E-state index < -0.39 is 6.04 Å². The number of hydrogen-bond donors (Lipinski definition) is 3. The number of thiophene rings is 1. The van der Waals surface area contributed by atoms with Crippen molar-refractivity contribution in [2.45, 2.75) is 18.9 Å². The molecule has 6 nitrogen and oxygen atoms in total. The summed E-state index contributed by atoms with van der Waals surface area (Å²) in [7, 11) is 1.63. The van der Waals surface area contributed by atoms with Crippen molar-refractivity contribution in [2.24, 2.45) is 0 Å². The summed E-state index contributed by atoms with van der Waals surface area (Å²) in [6.07, 6.45) is 3.03. The summed E-state index contributed by atoms with van der Waals surface area (Å²) < 4.78 is 5.01. The minimum absolute atomic E-state index is 0.193. The molecule has 3 N–H and O–H groups in total. The Kier molecular flexibility index (Phi) is 6.62. The number of para-hydroxylation sites is 1. The van der Waals surface area contributed by atoms with Crippen LogP contribution in [0.5, 0.6) is 0 Å². The summed E-state index contributed by atoms with van der Waals surface area (Å²) in [5.41, 5.74) is 2.01. The second kappa shape index (κ2) is 9.34. The molecule has 0 radical (unpaired) electrons. The number of methoxy groups -OCH3 is 1. The zero-order valence-electron chi connectivity index (χ0n) is 15.2. The van der Waals surface area contributed by atoms with Gasteiger partial charge in [-0.25, -0.2) is 0 Å². The molecule has 0 saturated heterocycles. The number of aromatic nitrogens is 1. The molecule has 0 bridgehead atoms. The van der Waals surface area contributed by atoms with Gasteiger partial charge < -0.3 is 20.4 Å². The Hall–Kier alpha value is -2.64. The van der Waals surface area contributed by atoms with Crippen molar-refractivity contribution in [1.29, 1.82) is 0 Å². The maximum atomic E-state index is 12.7. The Labute approximate surface area is 161 Å². The van der Waals surface area contributed by atoms with Crippen LogP contribution in [0.15, 0.2) is 48.0 Å². The van der Waals surface area contributed by atoms with Gasteiger partial charge in [-0.1, -0.05) is 24.3 Å². The van der Waals surface area contributed by atoms with E-state index >= 15 is 0 Å². The number of benzene rings is 1. The number of rotatable bonds is 9. The molecule has 0 saturated carbocycles. The van der Waals surface area contributed by atoms with E-state index in [9.17, 15) is 9.59 Å². The first-order valence-corrected chi connectivity index (χ1v) is 9.73. The second-order valence-electron chi connectivity index (χ2n) is 6.20. The van der Waals surface area contributed by atoms with Crippen molar-refractivity contribution in [2.75, 3.05) is 20.3 Å². The van der Waals surface area contributed by atoms with Crippen molar-refractivity contribution in [3.63, 3.8) is 0 Å². The zero-order valence-corrected chi connectivity index (χ0v) is 16.0. The summed E-state index contributed by atoms with van der Waals surface area (Å²) in [6, 6.07) is 10.8. The summed E-state index contributed by atoms with van der Waals surface area (Å²) in [5.74, 6) is -0.428. The van der Waals surface area contributed by atoms with E-state index in [0.717, 1.165) is 22.9 Å². The first-order chi connectivity index (χ1) is 13.2. The average molecular weight is 385 g/mol. The Bertz CT molecular complexity index is 889. The van der Waals surface area contributed by atoms with E-state index in [1.165, 1.54) is 11.3 Å². The number of fused-ring (bicyclic) bond motifs is 1. The molecule has 2 aromatic heterocycles. The summed E-state index contributed by atoms with van der Waals surface area (Å²) in [5, 5.41) is 8.66. The van der Waals surface area contributed by atoms with Gasteiger partial charge in [0, 0.05) is 43.8 Å². The molecule has 7 heteroatoms. The van der Waals surface area contributed by atoms with Crippen LogP contribution in [0.1, 0.15) is 21.7 Å². The van der Waals surface area contributed by atoms with Gasteiger partial charge >= 0.3 is 0 Å². The summed E-state index contributed by atoms with van der Waals surface area (Å²) in [4.78, 5) is 29.0. The number of ether oxygens (including phenoxy) is 1. The van der Waals surface area contributed by atoms with Gasteiger partial charge in [-0.2, -0.15) is 0 Å². The minimum Gasteiger partial charge on any atom is -0.385 e. The number of H-pyrrole nitrogens is 1. The normalized spacial score (nSPS) is 12.0. The van der Waals surface area contributed by atoms with Crippen LogP contribution in [0.4, 0.5) is 0 Å². The Morgan fingerprint density at radius 1 is 1.22 bits per heavy atom. The van der Waals surface area contributed by atoms with E-state index in [4.69, 9.17) is 4.74 Å². The highest BCUT2D eigenvalue weighted by Gasteiger charge is 2.23. The highest BCUT2D eigenvalue weighted by molar-refractivity contribution is 7.12. The van der Waals surface area contributed by atoms with Crippen molar-refractivity contribution in [3.05, 3.63) is 58.4 Å². The molecule has 3 rings (SSSR count). The molecule has 0 aliphatic carbocycles. The predicted molar refractivity (Wildman–Crippen MR) is 107 cm³/mol. The Morgan fingerprint density at radius 3 is 2.85 bits per heavy atom.